The van der Waals surface area contributed by atoms with E-state index >= 15 is 0 Å². The van der Waals surface area contributed by atoms with Crippen LogP contribution in [0.4, 0.5) is 10.1 Å². The van der Waals surface area contributed by atoms with Crippen LogP contribution in [0.5, 0.6) is 0 Å². The lowest BCUT2D eigenvalue weighted by Crippen LogP contribution is -2.29. The average Bonchev–Trinajstić information content (AvgIpc) is 3.33. The molecule has 4 aromatic rings. The molecule has 0 saturated carbocycles. The van der Waals surface area contributed by atoms with Crippen molar-refractivity contribution in [1.82, 2.24) is 10.2 Å². The number of nitrogens with zero attached hydrogens (tertiary/aromatic N) is 2. The second-order valence-electron chi connectivity index (χ2n) is 7.71. The molecule has 0 aliphatic carbocycles. The molecule has 3 aromatic carbocycles. The zero-order valence-corrected chi connectivity index (χ0v) is 17.0. The summed E-state index contributed by atoms with van der Waals surface area (Å²) in [4.78, 5) is 26.2. The Balaban J connectivity index is 1.69. The maximum atomic E-state index is 14.2. The number of anilines is 1. The summed E-state index contributed by atoms with van der Waals surface area (Å²) >= 11 is 0. The van der Waals surface area contributed by atoms with Gasteiger partial charge in [0.2, 0.25) is 0 Å². The summed E-state index contributed by atoms with van der Waals surface area (Å²) in [7, 11) is 0. The minimum Gasteiger partial charge on any atom is -0.478 e. The van der Waals surface area contributed by atoms with Crippen molar-refractivity contribution >= 4 is 17.6 Å². The molecule has 1 unspecified atom stereocenters. The Bertz CT molecular complexity index is 1340. The number of fused-ring (bicyclic) bond motifs is 1. The summed E-state index contributed by atoms with van der Waals surface area (Å²) in [5.74, 6) is -1.78. The molecule has 1 aliphatic heterocycles. The second-order valence-corrected chi connectivity index (χ2v) is 7.71. The van der Waals surface area contributed by atoms with Crippen molar-refractivity contribution in [3.8, 4) is 11.3 Å². The van der Waals surface area contributed by atoms with E-state index in [1.807, 2.05) is 31.2 Å². The Kier molecular flexibility index (Phi) is 4.59. The number of nitrogens with one attached hydrogen (secondary N) is 1. The van der Waals surface area contributed by atoms with E-state index in [0.717, 1.165) is 11.1 Å². The van der Waals surface area contributed by atoms with Crippen molar-refractivity contribution in [3.63, 3.8) is 0 Å². The van der Waals surface area contributed by atoms with Crippen molar-refractivity contribution in [2.45, 2.75) is 13.0 Å². The van der Waals surface area contributed by atoms with Gasteiger partial charge in [-0.2, -0.15) is 5.10 Å². The van der Waals surface area contributed by atoms with Gasteiger partial charge in [0.05, 0.1) is 17.3 Å². The van der Waals surface area contributed by atoms with E-state index in [0.29, 0.717) is 28.2 Å². The fourth-order valence-corrected chi connectivity index (χ4v) is 4.10. The van der Waals surface area contributed by atoms with Crippen LogP contribution in [0.3, 0.4) is 0 Å². The molecule has 2 heterocycles. The normalized spacial score (nSPS) is 15.1. The zero-order chi connectivity index (χ0) is 22.4. The summed E-state index contributed by atoms with van der Waals surface area (Å²) < 4.78 is 14.2. The summed E-state index contributed by atoms with van der Waals surface area (Å²) in [6.07, 6.45) is 0. The number of benzene rings is 3. The largest absolute Gasteiger partial charge is 0.478 e. The fourth-order valence-electron chi connectivity index (χ4n) is 4.10. The second kappa shape index (κ2) is 7.46. The number of carboxylic acid groups (broad SMARTS) is 1. The number of carboxylic acids is 1. The predicted molar refractivity (Wildman–Crippen MR) is 117 cm³/mol. The van der Waals surface area contributed by atoms with E-state index in [-0.39, 0.29) is 11.5 Å². The summed E-state index contributed by atoms with van der Waals surface area (Å²) in [5, 5.41) is 16.5. The number of aromatic amines is 1. The van der Waals surface area contributed by atoms with Gasteiger partial charge >= 0.3 is 5.97 Å². The number of aromatic carboxylic acids is 1. The van der Waals surface area contributed by atoms with Crippen molar-refractivity contribution < 1.29 is 19.1 Å². The Labute approximate surface area is 182 Å². The third-order valence-electron chi connectivity index (χ3n) is 5.65. The maximum absolute atomic E-state index is 14.2. The molecule has 1 atom stereocenters. The molecule has 0 radical (unpaired) electrons. The van der Waals surface area contributed by atoms with Crippen molar-refractivity contribution in [2.24, 2.45) is 0 Å². The van der Waals surface area contributed by atoms with Crippen molar-refractivity contribution in [1.29, 1.82) is 0 Å². The summed E-state index contributed by atoms with van der Waals surface area (Å²) in [6.45, 7) is 1.99. The number of hydrogen-bond acceptors (Lipinski definition) is 3. The molecular weight excluding hydrogens is 409 g/mol. The van der Waals surface area contributed by atoms with Gasteiger partial charge in [-0.05, 0) is 48.9 Å². The lowest BCUT2D eigenvalue weighted by atomic mass is 9.95. The molecule has 2 N–H and O–H groups in total. The first-order chi connectivity index (χ1) is 15.4. The van der Waals surface area contributed by atoms with Crippen LogP contribution in [-0.4, -0.2) is 27.2 Å². The quantitative estimate of drug-likeness (QED) is 0.481. The van der Waals surface area contributed by atoms with Crippen LogP contribution in [0, 0.1) is 12.7 Å². The Morgan fingerprint density at radius 2 is 1.78 bits per heavy atom. The predicted octanol–water partition coefficient (Wildman–Crippen LogP) is 4.97. The lowest BCUT2D eigenvalue weighted by Gasteiger charge is -2.26. The van der Waals surface area contributed by atoms with E-state index in [2.05, 4.69) is 10.2 Å². The van der Waals surface area contributed by atoms with Crippen molar-refractivity contribution in [2.75, 3.05) is 4.90 Å². The molecule has 1 amide bonds. The summed E-state index contributed by atoms with van der Waals surface area (Å²) in [5.41, 5.74) is 4.76. The number of carbonyl (C=O) groups is 2. The van der Waals surface area contributed by atoms with Crippen LogP contribution >= 0.6 is 0 Å². The van der Waals surface area contributed by atoms with Gasteiger partial charge in [0, 0.05) is 16.8 Å². The van der Waals surface area contributed by atoms with E-state index in [4.69, 9.17) is 0 Å². The number of rotatable bonds is 4. The maximum Gasteiger partial charge on any atom is 0.335 e. The molecule has 0 fully saturated rings. The van der Waals surface area contributed by atoms with Crippen LogP contribution in [0.1, 0.15) is 43.6 Å². The van der Waals surface area contributed by atoms with Crippen LogP contribution in [0.2, 0.25) is 0 Å². The zero-order valence-electron chi connectivity index (χ0n) is 17.0. The van der Waals surface area contributed by atoms with Gasteiger partial charge in [0.15, 0.2) is 0 Å². The monoisotopic (exact) mass is 427 g/mol. The van der Waals surface area contributed by atoms with E-state index in [1.54, 1.807) is 29.2 Å². The number of halogens is 1. The van der Waals surface area contributed by atoms with Gasteiger partial charge in [0.25, 0.3) is 5.91 Å². The number of aryl methyl sites for hydroxylation is 1. The number of H-pyrrole nitrogens is 1. The molecule has 1 aromatic heterocycles. The van der Waals surface area contributed by atoms with Crippen LogP contribution in [0.15, 0.2) is 72.8 Å². The third-order valence-corrected chi connectivity index (χ3v) is 5.65. The molecule has 1 aliphatic rings. The number of aromatic nitrogens is 2. The standard InChI is InChI=1S/C25H18FN3O3/c1-14-5-7-15(8-6-14)21-20-22(28-27-21)24(30)29(19-11-9-16(10-12-19)25(31)32)23(20)17-3-2-4-18(26)13-17/h2-13,23H,1H3,(H,27,28)(H,31,32). The van der Waals surface area contributed by atoms with Crippen LogP contribution in [-0.2, 0) is 0 Å². The minimum absolute atomic E-state index is 0.114. The van der Waals surface area contributed by atoms with E-state index < -0.39 is 17.8 Å². The number of carbonyl (C=O) groups excluding carboxylic acids is 1. The Morgan fingerprint density at radius 1 is 1.06 bits per heavy atom. The Hall–Kier alpha value is -4.26. The van der Waals surface area contributed by atoms with Crippen LogP contribution < -0.4 is 4.90 Å². The first kappa shape index (κ1) is 19.7. The minimum atomic E-state index is -1.05. The van der Waals surface area contributed by atoms with Gasteiger partial charge < -0.3 is 5.11 Å². The van der Waals surface area contributed by atoms with Gasteiger partial charge in [-0.3, -0.25) is 14.8 Å². The SMILES string of the molecule is Cc1ccc(-c2n[nH]c3c2C(c2cccc(F)c2)N(c2ccc(C(=O)O)cc2)C3=O)cc1. The molecule has 5 rings (SSSR count). The van der Waals surface area contributed by atoms with Crippen LogP contribution in [0.25, 0.3) is 11.3 Å². The Morgan fingerprint density at radius 3 is 2.44 bits per heavy atom. The van der Waals surface area contributed by atoms with Gasteiger partial charge in [0.1, 0.15) is 11.5 Å². The highest BCUT2D eigenvalue weighted by atomic mass is 19.1. The molecule has 158 valence electrons. The van der Waals surface area contributed by atoms with Gasteiger partial charge in [-0.15, -0.1) is 0 Å². The molecule has 0 spiro atoms. The highest BCUT2D eigenvalue weighted by Crippen LogP contribution is 2.45. The first-order valence-electron chi connectivity index (χ1n) is 10.0. The molecule has 0 saturated heterocycles. The lowest BCUT2D eigenvalue weighted by molar-refractivity contribution is 0.0696. The number of amides is 1. The third kappa shape index (κ3) is 3.15. The molecule has 7 heteroatoms. The smallest absolute Gasteiger partial charge is 0.335 e. The van der Waals surface area contributed by atoms with Gasteiger partial charge in [-0.1, -0.05) is 42.0 Å². The average molecular weight is 427 g/mol. The molecule has 6 nitrogen and oxygen atoms in total. The van der Waals surface area contributed by atoms with Gasteiger partial charge in [-0.25, -0.2) is 9.18 Å². The fraction of sp³-hybridized carbons (Fsp3) is 0.0800. The highest BCUT2D eigenvalue weighted by Gasteiger charge is 2.43. The molecule has 0 bridgehead atoms. The number of hydrogen-bond donors (Lipinski definition) is 2. The van der Waals surface area contributed by atoms with E-state index in [9.17, 15) is 19.1 Å². The first-order valence-corrected chi connectivity index (χ1v) is 10.0. The molecule has 32 heavy (non-hydrogen) atoms. The topological polar surface area (TPSA) is 86.3 Å². The van der Waals surface area contributed by atoms with E-state index in [1.165, 1.54) is 24.3 Å². The highest BCUT2D eigenvalue weighted by molar-refractivity contribution is 6.11. The van der Waals surface area contributed by atoms with Crippen molar-refractivity contribution in [3.05, 3.63) is 107 Å². The molecular formula is C25H18FN3O3. The summed E-state index contributed by atoms with van der Waals surface area (Å²) in [6, 6.07) is 19.3.